The highest BCUT2D eigenvalue weighted by molar-refractivity contribution is 6.31. The summed E-state index contributed by atoms with van der Waals surface area (Å²) in [5.74, 6) is -0.0216. The molecule has 1 aromatic carbocycles. The first kappa shape index (κ1) is 16.3. The van der Waals surface area contributed by atoms with Crippen LogP contribution in [0.5, 0.6) is 0 Å². The molecule has 0 aromatic heterocycles. The van der Waals surface area contributed by atoms with Gasteiger partial charge in [-0.3, -0.25) is 9.59 Å². The van der Waals surface area contributed by atoms with Crippen molar-refractivity contribution in [2.24, 2.45) is 0 Å². The number of nitrogens with zero attached hydrogens (tertiary/aromatic N) is 1. The van der Waals surface area contributed by atoms with E-state index in [9.17, 15) is 9.59 Å². The van der Waals surface area contributed by atoms with Gasteiger partial charge in [0.1, 0.15) is 6.04 Å². The molecule has 2 saturated heterocycles. The topological polar surface area (TPSA) is 61.4 Å². The van der Waals surface area contributed by atoms with Crippen LogP contribution < -0.4 is 10.6 Å². The number of nitrogens with one attached hydrogen (secondary N) is 2. The van der Waals surface area contributed by atoms with E-state index in [0.717, 1.165) is 37.8 Å². The first-order chi connectivity index (χ1) is 11.2. The van der Waals surface area contributed by atoms with Gasteiger partial charge in [0, 0.05) is 18.1 Å². The number of rotatable bonds is 4. The molecule has 2 N–H and O–H groups in total. The van der Waals surface area contributed by atoms with Crippen LogP contribution in [-0.4, -0.2) is 41.9 Å². The van der Waals surface area contributed by atoms with Crippen molar-refractivity contribution in [2.45, 2.75) is 44.3 Å². The molecule has 1 aromatic rings. The lowest BCUT2D eigenvalue weighted by atomic mass is 10.1. The second-order valence-corrected chi connectivity index (χ2v) is 6.56. The monoisotopic (exact) mass is 335 g/mol. The van der Waals surface area contributed by atoms with E-state index in [0.29, 0.717) is 18.1 Å². The van der Waals surface area contributed by atoms with Crippen molar-refractivity contribution in [3.8, 4) is 0 Å². The van der Waals surface area contributed by atoms with Crippen LogP contribution in [0.4, 0.5) is 0 Å². The molecule has 2 amide bonds. The maximum absolute atomic E-state index is 12.6. The van der Waals surface area contributed by atoms with Gasteiger partial charge in [-0.05, 0) is 43.9 Å². The van der Waals surface area contributed by atoms with Gasteiger partial charge in [-0.15, -0.1) is 0 Å². The summed E-state index contributed by atoms with van der Waals surface area (Å²) >= 11 is 6.11. The normalized spacial score (nSPS) is 24.0. The Bertz CT molecular complexity index is 587. The number of amides is 2. The second-order valence-electron chi connectivity index (χ2n) is 6.15. The molecule has 0 bridgehead atoms. The Labute approximate surface area is 141 Å². The predicted molar refractivity (Wildman–Crippen MR) is 89.1 cm³/mol. The fourth-order valence-corrected chi connectivity index (χ4v) is 3.54. The van der Waals surface area contributed by atoms with Crippen LogP contribution in [0.1, 0.15) is 31.2 Å². The summed E-state index contributed by atoms with van der Waals surface area (Å²) in [6.07, 6.45) is 3.49. The Morgan fingerprint density at radius 3 is 2.83 bits per heavy atom. The summed E-state index contributed by atoms with van der Waals surface area (Å²) in [4.78, 5) is 26.8. The van der Waals surface area contributed by atoms with E-state index < -0.39 is 0 Å². The molecule has 0 unspecified atom stereocenters. The maximum Gasteiger partial charge on any atom is 0.243 e. The van der Waals surface area contributed by atoms with Crippen LogP contribution in [0, 0.1) is 0 Å². The second kappa shape index (κ2) is 7.32. The Hall–Kier alpha value is -1.59. The first-order valence-electron chi connectivity index (χ1n) is 8.22. The van der Waals surface area contributed by atoms with E-state index in [2.05, 4.69) is 10.6 Å². The Morgan fingerprint density at radius 2 is 2.09 bits per heavy atom. The lowest BCUT2D eigenvalue weighted by Gasteiger charge is -2.26. The minimum absolute atomic E-state index is 0.0675. The van der Waals surface area contributed by atoms with Gasteiger partial charge < -0.3 is 15.5 Å². The predicted octanol–water partition coefficient (Wildman–Crippen LogP) is 1.70. The average Bonchev–Trinajstić information content (AvgIpc) is 3.24. The van der Waals surface area contributed by atoms with Gasteiger partial charge in [0.15, 0.2) is 0 Å². The number of hydrogen-bond donors (Lipinski definition) is 2. The molecule has 0 spiro atoms. The Kier molecular flexibility index (Phi) is 5.18. The van der Waals surface area contributed by atoms with Crippen LogP contribution in [0.25, 0.3) is 0 Å². The largest absolute Gasteiger partial charge is 0.350 e. The molecule has 124 valence electrons. The highest BCUT2D eigenvalue weighted by atomic mass is 35.5. The van der Waals surface area contributed by atoms with Crippen LogP contribution >= 0.6 is 11.6 Å². The van der Waals surface area contributed by atoms with Gasteiger partial charge in [0.2, 0.25) is 11.8 Å². The zero-order chi connectivity index (χ0) is 16.2. The van der Waals surface area contributed by atoms with Crippen molar-refractivity contribution in [3.05, 3.63) is 34.9 Å². The molecular weight excluding hydrogens is 314 g/mol. The molecule has 2 aliphatic rings. The summed E-state index contributed by atoms with van der Waals surface area (Å²) in [6, 6.07) is 6.98. The van der Waals surface area contributed by atoms with Crippen molar-refractivity contribution < 1.29 is 9.59 Å². The number of likely N-dealkylation sites (tertiary alicyclic amines) is 1. The highest BCUT2D eigenvalue weighted by Gasteiger charge is 2.37. The van der Waals surface area contributed by atoms with E-state index in [1.807, 2.05) is 18.2 Å². The van der Waals surface area contributed by atoms with E-state index in [4.69, 9.17) is 11.6 Å². The minimum Gasteiger partial charge on any atom is -0.350 e. The van der Waals surface area contributed by atoms with Crippen molar-refractivity contribution >= 4 is 23.4 Å². The quantitative estimate of drug-likeness (QED) is 0.880. The van der Waals surface area contributed by atoms with Gasteiger partial charge in [0.25, 0.3) is 0 Å². The Morgan fingerprint density at radius 1 is 1.26 bits per heavy atom. The smallest absolute Gasteiger partial charge is 0.243 e. The van der Waals surface area contributed by atoms with Gasteiger partial charge in [0.05, 0.1) is 6.04 Å². The van der Waals surface area contributed by atoms with E-state index in [1.54, 1.807) is 11.0 Å². The molecule has 5 nitrogen and oxygen atoms in total. The number of carbonyl (C=O) groups is 2. The summed E-state index contributed by atoms with van der Waals surface area (Å²) in [5.41, 5.74) is 0.885. The van der Waals surface area contributed by atoms with Crippen molar-refractivity contribution in [2.75, 3.05) is 13.1 Å². The zero-order valence-electron chi connectivity index (χ0n) is 13.1. The SMILES string of the molecule is O=C(NCc1ccccc1Cl)[C@H]1CCCN1C(=O)[C@H]1CCCN1. The van der Waals surface area contributed by atoms with Crippen LogP contribution in [0.15, 0.2) is 24.3 Å². The summed E-state index contributed by atoms with van der Waals surface area (Å²) in [7, 11) is 0. The third-order valence-electron chi connectivity index (χ3n) is 4.61. The van der Waals surface area contributed by atoms with Crippen molar-refractivity contribution in [3.63, 3.8) is 0 Å². The van der Waals surface area contributed by atoms with Gasteiger partial charge in [-0.25, -0.2) is 0 Å². The summed E-state index contributed by atoms with van der Waals surface area (Å²) < 4.78 is 0. The molecular formula is C17H22ClN3O2. The summed E-state index contributed by atoms with van der Waals surface area (Å²) in [5, 5.41) is 6.78. The molecule has 2 heterocycles. The molecule has 0 aliphatic carbocycles. The zero-order valence-corrected chi connectivity index (χ0v) is 13.8. The van der Waals surface area contributed by atoms with Gasteiger partial charge in [-0.2, -0.15) is 0 Å². The fourth-order valence-electron chi connectivity index (χ4n) is 3.34. The standard InChI is InChI=1S/C17H22ClN3O2/c18-13-6-2-1-5-12(13)11-20-16(22)15-8-4-10-21(15)17(23)14-7-3-9-19-14/h1-2,5-6,14-15,19H,3-4,7-11H2,(H,20,22)/t14-,15-/m1/s1. The van der Waals surface area contributed by atoms with E-state index in [-0.39, 0.29) is 23.9 Å². The number of hydrogen-bond acceptors (Lipinski definition) is 3. The number of benzene rings is 1. The van der Waals surface area contributed by atoms with Crippen molar-refractivity contribution in [1.29, 1.82) is 0 Å². The van der Waals surface area contributed by atoms with Crippen LogP contribution in [0.3, 0.4) is 0 Å². The van der Waals surface area contributed by atoms with E-state index in [1.165, 1.54) is 0 Å². The molecule has 0 radical (unpaired) electrons. The molecule has 2 aliphatic heterocycles. The molecule has 23 heavy (non-hydrogen) atoms. The summed E-state index contributed by atoms with van der Waals surface area (Å²) in [6.45, 7) is 1.94. The maximum atomic E-state index is 12.6. The van der Waals surface area contributed by atoms with E-state index >= 15 is 0 Å². The van der Waals surface area contributed by atoms with Gasteiger partial charge in [-0.1, -0.05) is 29.8 Å². The molecule has 0 saturated carbocycles. The number of carbonyl (C=O) groups excluding carboxylic acids is 2. The lowest BCUT2D eigenvalue weighted by Crippen LogP contribution is -2.50. The highest BCUT2D eigenvalue weighted by Crippen LogP contribution is 2.21. The van der Waals surface area contributed by atoms with Crippen molar-refractivity contribution in [1.82, 2.24) is 15.5 Å². The average molecular weight is 336 g/mol. The van der Waals surface area contributed by atoms with Crippen LogP contribution in [0.2, 0.25) is 5.02 Å². The Balaban J connectivity index is 1.59. The fraction of sp³-hybridized carbons (Fsp3) is 0.529. The van der Waals surface area contributed by atoms with Gasteiger partial charge >= 0.3 is 0 Å². The third kappa shape index (κ3) is 3.67. The minimum atomic E-state index is -0.354. The van der Waals surface area contributed by atoms with Crippen LogP contribution in [-0.2, 0) is 16.1 Å². The molecule has 3 rings (SSSR count). The molecule has 2 fully saturated rings. The first-order valence-corrected chi connectivity index (χ1v) is 8.59. The molecule has 2 atom stereocenters. The molecule has 6 heteroatoms. The lowest BCUT2D eigenvalue weighted by molar-refractivity contribution is -0.139. The third-order valence-corrected chi connectivity index (χ3v) is 4.98. The number of halogens is 1.